The molecule has 0 unspecified atom stereocenters. The van der Waals surface area contributed by atoms with Crippen molar-refractivity contribution in [3.05, 3.63) is 64.0 Å². The molecule has 2 aromatic rings. The molecule has 0 aromatic heterocycles. The number of ether oxygens (including phenoxy) is 2. The van der Waals surface area contributed by atoms with Crippen molar-refractivity contribution in [3.8, 4) is 11.5 Å². The van der Waals surface area contributed by atoms with Gasteiger partial charge in [0.05, 0.1) is 18.1 Å². The van der Waals surface area contributed by atoms with E-state index in [1.165, 1.54) is 37.4 Å². The van der Waals surface area contributed by atoms with Crippen LogP contribution in [0.2, 0.25) is 0 Å². The molecule has 1 saturated heterocycles. The van der Waals surface area contributed by atoms with Gasteiger partial charge in [0.1, 0.15) is 5.82 Å². The van der Waals surface area contributed by atoms with Crippen LogP contribution in [0.25, 0.3) is 0 Å². The van der Waals surface area contributed by atoms with Gasteiger partial charge in [-0.15, -0.1) is 0 Å². The molecule has 0 N–H and O–H groups in total. The number of amides is 1. The summed E-state index contributed by atoms with van der Waals surface area (Å²) in [5.41, 5.74) is 0.876. The molecule has 1 amide bonds. The Bertz CT molecular complexity index is 937. The molecule has 1 aliphatic rings. The van der Waals surface area contributed by atoms with E-state index in [2.05, 4.69) is 4.90 Å². The number of piperazine rings is 1. The highest BCUT2D eigenvalue weighted by Crippen LogP contribution is 2.31. The van der Waals surface area contributed by atoms with Crippen LogP contribution < -0.4 is 9.47 Å². The Morgan fingerprint density at radius 3 is 2.48 bits per heavy atom. The maximum absolute atomic E-state index is 13.1. The molecular weight excluding hydrogens is 405 g/mol. The molecule has 0 aliphatic carbocycles. The van der Waals surface area contributed by atoms with Crippen molar-refractivity contribution in [2.24, 2.45) is 0 Å². The number of benzene rings is 2. The van der Waals surface area contributed by atoms with Crippen molar-refractivity contribution in [1.82, 2.24) is 9.80 Å². The van der Waals surface area contributed by atoms with Gasteiger partial charge in [0, 0.05) is 37.8 Å². The average Bonchev–Trinajstić information content (AvgIpc) is 2.75. The van der Waals surface area contributed by atoms with Gasteiger partial charge in [-0.2, -0.15) is 0 Å². The normalized spacial score (nSPS) is 19.2. The van der Waals surface area contributed by atoms with E-state index < -0.39 is 4.92 Å². The SMILES string of the molecule is COc1ccc([N+](=O)[O-])cc1OCC(=O)N1C[C@@H](C)N(Cc2ccc(F)cc2)C[C@@H]1C. The Balaban J connectivity index is 1.61. The largest absolute Gasteiger partial charge is 0.493 e. The van der Waals surface area contributed by atoms with Crippen LogP contribution in [0.5, 0.6) is 11.5 Å². The minimum absolute atomic E-state index is 0.0419. The summed E-state index contributed by atoms with van der Waals surface area (Å²) in [6.07, 6.45) is 0. The van der Waals surface area contributed by atoms with Crippen LogP contribution in [0.15, 0.2) is 42.5 Å². The van der Waals surface area contributed by atoms with E-state index in [4.69, 9.17) is 9.47 Å². The number of hydrogen-bond acceptors (Lipinski definition) is 6. The topological polar surface area (TPSA) is 85.2 Å². The van der Waals surface area contributed by atoms with Crippen LogP contribution in [-0.2, 0) is 11.3 Å². The van der Waals surface area contributed by atoms with E-state index in [1.54, 1.807) is 17.0 Å². The molecule has 1 fully saturated rings. The number of nitro benzene ring substituents is 1. The molecule has 2 atom stereocenters. The van der Waals surface area contributed by atoms with Gasteiger partial charge < -0.3 is 14.4 Å². The number of nitro groups is 1. The number of methoxy groups -OCH3 is 1. The van der Waals surface area contributed by atoms with E-state index in [9.17, 15) is 19.3 Å². The van der Waals surface area contributed by atoms with Crippen molar-refractivity contribution in [2.45, 2.75) is 32.5 Å². The van der Waals surface area contributed by atoms with Gasteiger partial charge in [-0.1, -0.05) is 12.1 Å². The maximum Gasteiger partial charge on any atom is 0.273 e. The van der Waals surface area contributed by atoms with Gasteiger partial charge in [-0.05, 0) is 37.6 Å². The summed E-state index contributed by atoms with van der Waals surface area (Å²) in [5.74, 6) is 0.0138. The van der Waals surface area contributed by atoms with Crippen molar-refractivity contribution >= 4 is 11.6 Å². The zero-order chi connectivity index (χ0) is 22.5. The highest BCUT2D eigenvalue weighted by molar-refractivity contribution is 5.78. The first-order valence-electron chi connectivity index (χ1n) is 10.0. The van der Waals surface area contributed by atoms with E-state index >= 15 is 0 Å². The first-order chi connectivity index (χ1) is 14.8. The lowest BCUT2D eigenvalue weighted by Crippen LogP contribution is -2.58. The predicted molar refractivity (Wildman–Crippen MR) is 113 cm³/mol. The van der Waals surface area contributed by atoms with Gasteiger partial charge in [0.15, 0.2) is 18.1 Å². The second kappa shape index (κ2) is 9.74. The highest BCUT2D eigenvalue weighted by atomic mass is 19.1. The predicted octanol–water partition coefficient (Wildman–Crippen LogP) is 3.24. The molecule has 2 aromatic carbocycles. The van der Waals surface area contributed by atoms with Crippen molar-refractivity contribution < 1.29 is 23.6 Å². The molecule has 31 heavy (non-hydrogen) atoms. The molecule has 0 saturated carbocycles. The number of halogens is 1. The molecule has 8 nitrogen and oxygen atoms in total. The molecule has 0 radical (unpaired) electrons. The second-order valence-corrected chi connectivity index (χ2v) is 7.68. The van der Waals surface area contributed by atoms with Crippen LogP contribution in [-0.4, -0.2) is 59.5 Å². The summed E-state index contributed by atoms with van der Waals surface area (Å²) < 4.78 is 23.9. The van der Waals surface area contributed by atoms with Crippen LogP contribution >= 0.6 is 0 Å². The van der Waals surface area contributed by atoms with Gasteiger partial charge in [-0.3, -0.25) is 19.8 Å². The number of rotatable bonds is 7. The van der Waals surface area contributed by atoms with Gasteiger partial charge >= 0.3 is 0 Å². The summed E-state index contributed by atoms with van der Waals surface area (Å²) in [7, 11) is 1.43. The number of carbonyl (C=O) groups excluding carboxylic acids is 1. The third-order valence-corrected chi connectivity index (χ3v) is 5.44. The summed E-state index contributed by atoms with van der Waals surface area (Å²) in [6.45, 7) is 5.64. The van der Waals surface area contributed by atoms with Gasteiger partial charge in [-0.25, -0.2) is 4.39 Å². The van der Waals surface area contributed by atoms with Crippen molar-refractivity contribution in [2.75, 3.05) is 26.8 Å². The third-order valence-electron chi connectivity index (χ3n) is 5.44. The number of carbonyl (C=O) groups is 1. The molecular formula is C22H26FN3O5. The fraction of sp³-hybridized carbons (Fsp3) is 0.409. The highest BCUT2D eigenvalue weighted by Gasteiger charge is 2.32. The molecule has 0 bridgehead atoms. The Labute approximate surface area is 180 Å². The summed E-state index contributed by atoms with van der Waals surface area (Å²) in [6, 6.07) is 10.5. The lowest BCUT2D eigenvalue weighted by molar-refractivity contribution is -0.385. The van der Waals surface area contributed by atoms with E-state index in [0.717, 1.165) is 5.56 Å². The zero-order valence-electron chi connectivity index (χ0n) is 17.8. The Morgan fingerprint density at radius 1 is 1.13 bits per heavy atom. The fourth-order valence-electron chi connectivity index (χ4n) is 3.70. The molecule has 166 valence electrons. The lowest BCUT2D eigenvalue weighted by Gasteiger charge is -2.44. The quantitative estimate of drug-likeness (QED) is 0.494. The van der Waals surface area contributed by atoms with Crippen LogP contribution in [0.1, 0.15) is 19.4 Å². The molecule has 9 heteroatoms. The second-order valence-electron chi connectivity index (χ2n) is 7.68. The minimum Gasteiger partial charge on any atom is -0.493 e. The van der Waals surface area contributed by atoms with E-state index in [1.807, 2.05) is 13.8 Å². The molecule has 0 spiro atoms. The smallest absolute Gasteiger partial charge is 0.273 e. The molecule has 1 heterocycles. The van der Waals surface area contributed by atoms with Crippen LogP contribution in [0.4, 0.5) is 10.1 Å². The summed E-state index contributed by atoms with van der Waals surface area (Å²) in [4.78, 5) is 27.3. The Morgan fingerprint density at radius 2 is 1.84 bits per heavy atom. The Hall–Kier alpha value is -3.20. The number of nitrogens with zero attached hydrogens (tertiary/aromatic N) is 3. The average molecular weight is 431 g/mol. The molecule has 3 rings (SSSR count). The summed E-state index contributed by atoms with van der Waals surface area (Å²) >= 11 is 0. The van der Waals surface area contributed by atoms with Crippen molar-refractivity contribution in [1.29, 1.82) is 0 Å². The van der Waals surface area contributed by atoms with Crippen LogP contribution in [0.3, 0.4) is 0 Å². The third kappa shape index (κ3) is 5.49. The first kappa shape index (κ1) is 22.5. The minimum atomic E-state index is -0.530. The van der Waals surface area contributed by atoms with Crippen LogP contribution in [0, 0.1) is 15.9 Å². The number of hydrogen-bond donors (Lipinski definition) is 0. The van der Waals surface area contributed by atoms with Crippen molar-refractivity contribution in [3.63, 3.8) is 0 Å². The van der Waals surface area contributed by atoms with Gasteiger partial charge in [0.25, 0.3) is 11.6 Å². The summed E-state index contributed by atoms with van der Waals surface area (Å²) in [5, 5.41) is 11.0. The lowest BCUT2D eigenvalue weighted by atomic mass is 10.1. The zero-order valence-corrected chi connectivity index (χ0v) is 17.8. The van der Waals surface area contributed by atoms with E-state index in [0.29, 0.717) is 25.4 Å². The monoisotopic (exact) mass is 431 g/mol. The van der Waals surface area contributed by atoms with Gasteiger partial charge in [0.2, 0.25) is 0 Å². The van der Waals surface area contributed by atoms with E-state index in [-0.39, 0.29) is 41.9 Å². The molecule has 1 aliphatic heterocycles. The number of non-ortho nitro benzene ring substituents is 1. The fourth-order valence-corrected chi connectivity index (χ4v) is 3.70. The first-order valence-corrected chi connectivity index (χ1v) is 10.0. The Kier molecular flexibility index (Phi) is 7.06. The maximum atomic E-state index is 13.1. The standard InChI is InChI=1S/C22H26FN3O5/c1-15-12-25(16(2)11-24(15)13-17-4-6-18(23)7-5-17)22(27)14-31-21-10-19(26(28)29)8-9-20(21)30-3/h4-10,15-16H,11-14H2,1-3H3/t15-,16+/m1/s1.